The predicted molar refractivity (Wildman–Crippen MR) is 76.3 cm³/mol. The summed E-state index contributed by atoms with van der Waals surface area (Å²) in [7, 11) is 3.31. The van der Waals surface area contributed by atoms with Crippen LogP contribution in [-0.2, 0) is 6.54 Å². The fraction of sp³-hybridized carbons (Fsp3) is 0.571. The van der Waals surface area contributed by atoms with E-state index in [1.807, 2.05) is 12.1 Å². The van der Waals surface area contributed by atoms with Gasteiger partial charge in [0.1, 0.15) is 0 Å². The van der Waals surface area contributed by atoms with Gasteiger partial charge in [0.25, 0.3) is 0 Å². The van der Waals surface area contributed by atoms with Crippen molar-refractivity contribution in [1.82, 2.24) is 5.32 Å². The standard InChI is InChI=1S/C14H20BrNO2/c1-14(5-4-6-14)16-9-10-7-12(17-2)13(18-3)8-11(10)15/h7-8,16H,4-6,9H2,1-3H3. The number of halogens is 1. The highest BCUT2D eigenvalue weighted by molar-refractivity contribution is 9.10. The molecule has 0 heterocycles. The van der Waals surface area contributed by atoms with Gasteiger partial charge in [0.2, 0.25) is 0 Å². The van der Waals surface area contributed by atoms with Crippen LogP contribution in [0.5, 0.6) is 11.5 Å². The number of ether oxygens (including phenoxy) is 2. The van der Waals surface area contributed by atoms with E-state index in [1.54, 1.807) is 14.2 Å². The molecule has 4 heteroatoms. The van der Waals surface area contributed by atoms with Gasteiger partial charge in [-0.15, -0.1) is 0 Å². The Balaban J connectivity index is 2.12. The smallest absolute Gasteiger partial charge is 0.161 e. The zero-order valence-electron chi connectivity index (χ0n) is 11.2. The fourth-order valence-corrected chi connectivity index (χ4v) is 2.69. The summed E-state index contributed by atoms with van der Waals surface area (Å²) in [6.07, 6.45) is 3.85. The molecule has 18 heavy (non-hydrogen) atoms. The van der Waals surface area contributed by atoms with E-state index < -0.39 is 0 Å². The second-order valence-corrected chi connectivity index (χ2v) is 5.92. The van der Waals surface area contributed by atoms with Crippen LogP contribution in [0, 0.1) is 0 Å². The Morgan fingerprint density at radius 3 is 2.33 bits per heavy atom. The van der Waals surface area contributed by atoms with Crippen LogP contribution in [0.1, 0.15) is 31.7 Å². The predicted octanol–water partition coefficient (Wildman–Crippen LogP) is 3.50. The summed E-state index contributed by atoms with van der Waals surface area (Å²) in [5.74, 6) is 1.53. The quantitative estimate of drug-likeness (QED) is 0.902. The van der Waals surface area contributed by atoms with E-state index in [2.05, 4.69) is 28.2 Å². The van der Waals surface area contributed by atoms with Gasteiger partial charge in [0.05, 0.1) is 14.2 Å². The topological polar surface area (TPSA) is 30.5 Å². The molecule has 0 aromatic heterocycles. The van der Waals surface area contributed by atoms with Gasteiger partial charge >= 0.3 is 0 Å². The maximum Gasteiger partial charge on any atom is 0.161 e. The monoisotopic (exact) mass is 313 g/mol. The molecule has 0 radical (unpaired) electrons. The average Bonchev–Trinajstić information content (AvgIpc) is 2.34. The molecule has 1 aromatic rings. The normalized spacial score (nSPS) is 17.1. The van der Waals surface area contributed by atoms with Crippen molar-refractivity contribution in [2.24, 2.45) is 0 Å². The molecule has 0 atom stereocenters. The molecule has 0 bridgehead atoms. The summed E-state index contributed by atoms with van der Waals surface area (Å²) in [5.41, 5.74) is 1.51. The molecular weight excluding hydrogens is 294 g/mol. The molecule has 0 saturated heterocycles. The average molecular weight is 314 g/mol. The maximum absolute atomic E-state index is 5.33. The number of methoxy groups -OCH3 is 2. The van der Waals surface area contributed by atoms with Crippen molar-refractivity contribution < 1.29 is 9.47 Å². The number of hydrogen-bond acceptors (Lipinski definition) is 3. The van der Waals surface area contributed by atoms with Crippen molar-refractivity contribution in [3.8, 4) is 11.5 Å². The van der Waals surface area contributed by atoms with Crippen LogP contribution >= 0.6 is 15.9 Å². The molecule has 1 saturated carbocycles. The first-order valence-electron chi connectivity index (χ1n) is 6.23. The van der Waals surface area contributed by atoms with Gasteiger partial charge in [0.15, 0.2) is 11.5 Å². The van der Waals surface area contributed by atoms with Gasteiger partial charge < -0.3 is 14.8 Å². The Bertz CT molecular complexity index is 430. The lowest BCUT2D eigenvalue weighted by Crippen LogP contribution is -2.47. The Morgan fingerprint density at radius 1 is 1.22 bits per heavy atom. The van der Waals surface area contributed by atoms with Crippen molar-refractivity contribution in [3.05, 3.63) is 22.2 Å². The molecule has 3 nitrogen and oxygen atoms in total. The fourth-order valence-electron chi connectivity index (χ4n) is 2.22. The van der Waals surface area contributed by atoms with Crippen molar-refractivity contribution in [2.75, 3.05) is 14.2 Å². The second-order valence-electron chi connectivity index (χ2n) is 5.07. The summed E-state index contributed by atoms with van der Waals surface area (Å²) in [5, 5.41) is 3.62. The van der Waals surface area contributed by atoms with Gasteiger partial charge in [0, 0.05) is 16.6 Å². The minimum Gasteiger partial charge on any atom is -0.493 e. The molecule has 0 spiro atoms. The minimum absolute atomic E-state index is 0.312. The molecule has 2 rings (SSSR count). The van der Waals surface area contributed by atoms with Crippen molar-refractivity contribution in [1.29, 1.82) is 0 Å². The maximum atomic E-state index is 5.33. The van der Waals surface area contributed by atoms with E-state index in [0.717, 1.165) is 22.5 Å². The zero-order chi connectivity index (χ0) is 13.2. The summed E-state index contributed by atoms with van der Waals surface area (Å²) < 4.78 is 11.7. The van der Waals surface area contributed by atoms with Crippen LogP contribution in [0.3, 0.4) is 0 Å². The third-order valence-electron chi connectivity index (χ3n) is 3.72. The molecule has 100 valence electrons. The van der Waals surface area contributed by atoms with Crippen molar-refractivity contribution in [3.63, 3.8) is 0 Å². The summed E-state index contributed by atoms with van der Waals surface area (Å²) in [6, 6.07) is 3.98. The SMILES string of the molecule is COc1cc(Br)c(CNC2(C)CCC2)cc1OC. The van der Waals surface area contributed by atoms with Crippen molar-refractivity contribution >= 4 is 15.9 Å². The summed E-state index contributed by atoms with van der Waals surface area (Å²) in [4.78, 5) is 0. The highest BCUT2D eigenvalue weighted by Gasteiger charge is 2.30. The second kappa shape index (κ2) is 5.49. The summed E-state index contributed by atoms with van der Waals surface area (Å²) in [6.45, 7) is 3.13. The highest BCUT2D eigenvalue weighted by Crippen LogP contribution is 2.35. The summed E-state index contributed by atoms with van der Waals surface area (Å²) >= 11 is 3.58. The lowest BCUT2D eigenvalue weighted by molar-refractivity contribution is 0.206. The highest BCUT2D eigenvalue weighted by atomic mass is 79.9. The minimum atomic E-state index is 0.312. The van der Waals surface area contributed by atoms with E-state index in [1.165, 1.54) is 24.8 Å². The Kier molecular flexibility index (Phi) is 4.17. The molecule has 0 aliphatic heterocycles. The first-order valence-corrected chi connectivity index (χ1v) is 7.03. The van der Waals surface area contributed by atoms with Crippen LogP contribution < -0.4 is 14.8 Å². The van der Waals surface area contributed by atoms with E-state index in [9.17, 15) is 0 Å². The van der Waals surface area contributed by atoms with Gasteiger partial charge in [-0.2, -0.15) is 0 Å². The first kappa shape index (κ1) is 13.7. The molecular formula is C14H20BrNO2. The molecule has 1 aliphatic carbocycles. The van der Waals surface area contributed by atoms with Crippen molar-refractivity contribution in [2.45, 2.75) is 38.3 Å². The zero-order valence-corrected chi connectivity index (χ0v) is 12.8. The molecule has 1 aromatic carbocycles. The first-order chi connectivity index (χ1) is 8.58. The lowest BCUT2D eigenvalue weighted by Gasteiger charge is -2.39. The van der Waals surface area contributed by atoms with Crippen LogP contribution in [0.25, 0.3) is 0 Å². The van der Waals surface area contributed by atoms with Crippen LogP contribution in [0.4, 0.5) is 0 Å². The number of nitrogens with one attached hydrogen (secondary N) is 1. The Morgan fingerprint density at radius 2 is 1.83 bits per heavy atom. The van der Waals surface area contributed by atoms with E-state index >= 15 is 0 Å². The molecule has 1 aliphatic rings. The van der Waals surface area contributed by atoms with E-state index in [0.29, 0.717) is 5.54 Å². The largest absolute Gasteiger partial charge is 0.493 e. The van der Waals surface area contributed by atoms with Gasteiger partial charge in [-0.25, -0.2) is 0 Å². The molecule has 0 amide bonds. The van der Waals surface area contributed by atoms with Crippen LogP contribution in [0.15, 0.2) is 16.6 Å². The lowest BCUT2D eigenvalue weighted by atomic mass is 9.78. The third kappa shape index (κ3) is 2.81. The molecule has 1 N–H and O–H groups in total. The van der Waals surface area contributed by atoms with E-state index in [-0.39, 0.29) is 0 Å². The number of rotatable bonds is 5. The Hall–Kier alpha value is -0.740. The number of hydrogen-bond donors (Lipinski definition) is 1. The van der Waals surface area contributed by atoms with E-state index in [4.69, 9.17) is 9.47 Å². The third-order valence-corrected chi connectivity index (χ3v) is 4.45. The van der Waals surface area contributed by atoms with Gasteiger partial charge in [-0.05, 0) is 43.9 Å². The van der Waals surface area contributed by atoms with Crippen LogP contribution in [0.2, 0.25) is 0 Å². The van der Waals surface area contributed by atoms with Gasteiger partial charge in [-0.1, -0.05) is 15.9 Å². The number of benzene rings is 1. The van der Waals surface area contributed by atoms with Gasteiger partial charge in [-0.3, -0.25) is 0 Å². The van der Waals surface area contributed by atoms with Crippen LogP contribution in [-0.4, -0.2) is 19.8 Å². The Labute approximate surface area is 117 Å². The molecule has 0 unspecified atom stereocenters. The molecule has 1 fully saturated rings.